The van der Waals surface area contributed by atoms with Gasteiger partial charge in [0.25, 0.3) is 0 Å². The molecule has 2 rings (SSSR count). The molecule has 0 unspecified atom stereocenters. The second-order valence-corrected chi connectivity index (χ2v) is 6.33. The van der Waals surface area contributed by atoms with E-state index in [9.17, 15) is 9.90 Å². The zero-order valence-corrected chi connectivity index (χ0v) is 14.4. The molecule has 2 nitrogen and oxygen atoms in total. The van der Waals surface area contributed by atoms with Crippen LogP contribution in [0.4, 0.5) is 0 Å². The van der Waals surface area contributed by atoms with Crippen LogP contribution in [-0.2, 0) is 12.8 Å². The van der Waals surface area contributed by atoms with E-state index >= 15 is 0 Å². The maximum absolute atomic E-state index is 12.0. The van der Waals surface area contributed by atoms with Crippen molar-refractivity contribution in [1.29, 1.82) is 0 Å². The predicted octanol–water partition coefficient (Wildman–Crippen LogP) is 6.00. The van der Waals surface area contributed by atoms with Crippen molar-refractivity contribution in [3.8, 4) is 0 Å². The fourth-order valence-corrected chi connectivity index (χ4v) is 3.32. The average molecular weight is 312 g/mol. The van der Waals surface area contributed by atoms with Crippen LogP contribution in [0.5, 0.6) is 0 Å². The van der Waals surface area contributed by atoms with Gasteiger partial charge in [0.05, 0.1) is 5.56 Å². The summed E-state index contributed by atoms with van der Waals surface area (Å²) < 4.78 is 0. The molecule has 0 saturated heterocycles. The van der Waals surface area contributed by atoms with E-state index in [1.807, 2.05) is 24.3 Å². The number of hydrogen-bond acceptors (Lipinski definition) is 1. The van der Waals surface area contributed by atoms with E-state index < -0.39 is 5.97 Å². The van der Waals surface area contributed by atoms with Crippen molar-refractivity contribution >= 4 is 16.7 Å². The molecule has 0 amide bonds. The highest BCUT2D eigenvalue weighted by Gasteiger charge is 2.18. The summed E-state index contributed by atoms with van der Waals surface area (Å²) in [7, 11) is 0. The molecule has 23 heavy (non-hydrogen) atoms. The van der Waals surface area contributed by atoms with Crippen LogP contribution in [0.3, 0.4) is 0 Å². The quantitative estimate of drug-likeness (QED) is 0.576. The molecule has 2 heteroatoms. The summed E-state index contributed by atoms with van der Waals surface area (Å²) in [6.07, 6.45) is 8.75. The van der Waals surface area contributed by atoms with Gasteiger partial charge >= 0.3 is 5.97 Å². The van der Waals surface area contributed by atoms with Gasteiger partial charge in [0.2, 0.25) is 0 Å². The zero-order chi connectivity index (χ0) is 16.7. The molecule has 0 aromatic heterocycles. The fourth-order valence-electron chi connectivity index (χ4n) is 3.32. The summed E-state index contributed by atoms with van der Waals surface area (Å²) in [4.78, 5) is 12.0. The van der Waals surface area contributed by atoms with E-state index in [0.717, 1.165) is 54.9 Å². The first-order valence-electron chi connectivity index (χ1n) is 8.95. The molecule has 0 aliphatic carbocycles. The largest absolute Gasteiger partial charge is 0.478 e. The normalized spacial score (nSPS) is 11.0. The van der Waals surface area contributed by atoms with Crippen LogP contribution >= 0.6 is 0 Å². The summed E-state index contributed by atoms with van der Waals surface area (Å²) in [5, 5.41) is 11.7. The standard InChI is InChI=1S/C21H28O2/c1-3-5-7-11-16-15-17-12-9-10-14-19(17)20(21(22)23)18(16)13-8-6-4-2/h9-10,12,14-15H,3-8,11,13H2,1-2H3,(H,22,23). The SMILES string of the molecule is CCCCCc1cc2ccccc2c(C(=O)O)c1CCCCC. The number of rotatable bonds is 9. The van der Waals surface area contributed by atoms with Gasteiger partial charge in [-0.1, -0.05) is 69.9 Å². The third kappa shape index (κ3) is 4.34. The molecular formula is C21H28O2. The Morgan fingerprint density at radius 1 is 0.957 bits per heavy atom. The first kappa shape index (κ1) is 17.5. The maximum atomic E-state index is 12.0. The molecular weight excluding hydrogens is 284 g/mol. The molecule has 0 bridgehead atoms. The van der Waals surface area contributed by atoms with E-state index in [1.54, 1.807) is 0 Å². The smallest absolute Gasteiger partial charge is 0.336 e. The summed E-state index contributed by atoms with van der Waals surface area (Å²) in [5.41, 5.74) is 2.84. The van der Waals surface area contributed by atoms with Crippen LogP contribution in [0.2, 0.25) is 0 Å². The van der Waals surface area contributed by atoms with Gasteiger partial charge in [0.15, 0.2) is 0 Å². The van der Waals surface area contributed by atoms with E-state index in [1.165, 1.54) is 18.4 Å². The zero-order valence-electron chi connectivity index (χ0n) is 14.4. The van der Waals surface area contributed by atoms with Crippen LogP contribution in [0, 0.1) is 0 Å². The van der Waals surface area contributed by atoms with Gasteiger partial charge in [-0.25, -0.2) is 4.79 Å². The maximum Gasteiger partial charge on any atom is 0.336 e. The number of benzene rings is 2. The second-order valence-electron chi connectivity index (χ2n) is 6.33. The van der Waals surface area contributed by atoms with Crippen LogP contribution in [0.25, 0.3) is 10.8 Å². The van der Waals surface area contributed by atoms with Crippen molar-refractivity contribution in [3.63, 3.8) is 0 Å². The number of carboxylic acids is 1. The number of aromatic carboxylic acids is 1. The number of unbranched alkanes of at least 4 members (excludes halogenated alkanes) is 4. The molecule has 0 heterocycles. The Morgan fingerprint density at radius 3 is 2.26 bits per heavy atom. The Hall–Kier alpha value is -1.83. The van der Waals surface area contributed by atoms with Crippen molar-refractivity contribution in [2.45, 2.75) is 65.2 Å². The molecule has 2 aromatic rings. The number of hydrogen-bond donors (Lipinski definition) is 1. The number of fused-ring (bicyclic) bond motifs is 1. The van der Waals surface area contributed by atoms with Gasteiger partial charge in [-0.2, -0.15) is 0 Å². The van der Waals surface area contributed by atoms with Gasteiger partial charge in [-0.15, -0.1) is 0 Å². The number of carbonyl (C=O) groups is 1. The topological polar surface area (TPSA) is 37.3 Å². The highest BCUT2D eigenvalue weighted by molar-refractivity contribution is 6.05. The Morgan fingerprint density at radius 2 is 1.61 bits per heavy atom. The molecule has 0 fully saturated rings. The first-order chi connectivity index (χ1) is 11.2. The van der Waals surface area contributed by atoms with Crippen molar-refractivity contribution in [1.82, 2.24) is 0 Å². The lowest BCUT2D eigenvalue weighted by Gasteiger charge is -2.16. The minimum absolute atomic E-state index is 0.533. The van der Waals surface area contributed by atoms with Crippen LogP contribution in [-0.4, -0.2) is 11.1 Å². The van der Waals surface area contributed by atoms with E-state index in [2.05, 4.69) is 19.9 Å². The average Bonchev–Trinajstić information content (AvgIpc) is 2.55. The summed E-state index contributed by atoms with van der Waals surface area (Å²) >= 11 is 0. The second kappa shape index (κ2) is 8.71. The Labute approximate surface area is 139 Å². The van der Waals surface area contributed by atoms with Crippen LogP contribution in [0.15, 0.2) is 30.3 Å². The molecule has 0 aliphatic rings. The lowest BCUT2D eigenvalue weighted by atomic mass is 9.88. The van der Waals surface area contributed by atoms with Gasteiger partial charge in [-0.05, 0) is 47.6 Å². The molecule has 2 aromatic carbocycles. The van der Waals surface area contributed by atoms with Crippen molar-refractivity contribution in [3.05, 3.63) is 47.0 Å². The molecule has 0 radical (unpaired) electrons. The van der Waals surface area contributed by atoms with Crippen molar-refractivity contribution < 1.29 is 9.90 Å². The molecule has 0 aliphatic heterocycles. The monoisotopic (exact) mass is 312 g/mol. The van der Waals surface area contributed by atoms with Gasteiger partial charge in [-0.3, -0.25) is 0 Å². The minimum atomic E-state index is -0.787. The van der Waals surface area contributed by atoms with Crippen molar-refractivity contribution in [2.24, 2.45) is 0 Å². The Balaban J connectivity index is 2.50. The number of aryl methyl sites for hydroxylation is 1. The van der Waals surface area contributed by atoms with E-state index in [4.69, 9.17) is 0 Å². The summed E-state index contributed by atoms with van der Waals surface area (Å²) in [5.74, 6) is -0.787. The number of carboxylic acid groups (broad SMARTS) is 1. The molecule has 1 N–H and O–H groups in total. The minimum Gasteiger partial charge on any atom is -0.478 e. The predicted molar refractivity (Wildman–Crippen MR) is 97.4 cm³/mol. The van der Waals surface area contributed by atoms with E-state index in [-0.39, 0.29) is 0 Å². The summed E-state index contributed by atoms with van der Waals surface area (Å²) in [6, 6.07) is 10.1. The van der Waals surface area contributed by atoms with Gasteiger partial charge in [0, 0.05) is 0 Å². The lowest BCUT2D eigenvalue weighted by Crippen LogP contribution is -2.08. The Kier molecular flexibility index (Phi) is 6.64. The first-order valence-corrected chi connectivity index (χ1v) is 8.95. The summed E-state index contributed by atoms with van der Waals surface area (Å²) in [6.45, 7) is 4.38. The Bertz CT molecular complexity index is 658. The highest BCUT2D eigenvalue weighted by atomic mass is 16.4. The highest BCUT2D eigenvalue weighted by Crippen LogP contribution is 2.29. The molecule has 124 valence electrons. The van der Waals surface area contributed by atoms with Crippen LogP contribution < -0.4 is 0 Å². The lowest BCUT2D eigenvalue weighted by molar-refractivity contribution is 0.0697. The van der Waals surface area contributed by atoms with Crippen LogP contribution in [0.1, 0.15) is 73.9 Å². The van der Waals surface area contributed by atoms with Gasteiger partial charge in [0.1, 0.15) is 0 Å². The molecule has 0 saturated carbocycles. The van der Waals surface area contributed by atoms with Gasteiger partial charge < -0.3 is 5.11 Å². The molecule has 0 atom stereocenters. The van der Waals surface area contributed by atoms with Crippen molar-refractivity contribution in [2.75, 3.05) is 0 Å². The third-order valence-electron chi connectivity index (χ3n) is 4.54. The fraction of sp³-hybridized carbons (Fsp3) is 0.476. The third-order valence-corrected chi connectivity index (χ3v) is 4.54. The van der Waals surface area contributed by atoms with E-state index in [0.29, 0.717) is 5.56 Å². The molecule has 0 spiro atoms.